The van der Waals surface area contributed by atoms with Gasteiger partial charge in [0.25, 0.3) is 0 Å². The van der Waals surface area contributed by atoms with E-state index in [4.69, 9.17) is 14.2 Å². The number of phenolic OH excluding ortho intramolecular Hbond substituents is 1. The van der Waals surface area contributed by atoms with Crippen LogP contribution in [-0.4, -0.2) is 37.3 Å². The Labute approximate surface area is 151 Å². The predicted octanol–water partition coefficient (Wildman–Crippen LogP) is 3.60. The summed E-state index contributed by atoms with van der Waals surface area (Å²) in [6, 6.07) is 9.28. The largest absolute Gasteiger partial charge is 0.508 e. The summed E-state index contributed by atoms with van der Waals surface area (Å²) in [5.74, 6) is 0.898. The molecule has 0 aliphatic heterocycles. The number of carbonyl (C=O) groups is 1. The topological polar surface area (TPSA) is 85.2 Å². The van der Waals surface area contributed by atoms with Crippen LogP contribution in [0.4, 0.5) is 0 Å². The Kier molecular flexibility index (Phi) is 6.27. The molecule has 0 radical (unpaired) electrons. The van der Waals surface area contributed by atoms with E-state index in [1.165, 1.54) is 51.7 Å². The lowest BCUT2D eigenvalue weighted by atomic mass is 10.1. The summed E-state index contributed by atoms with van der Waals surface area (Å²) in [4.78, 5) is 12.0. The van der Waals surface area contributed by atoms with Crippen molar-refractivity contribution < 1.29 is 29.2 Å². The van der Waals surface area contributed by atoms with Crippen molar-refractivity contribution in [1.82, 2.24) is 0 Å². The van der Waals surface area contributed by atoms with E-state index >= 15 is 0 Å². The van der Waals surface area contributed by atoms with Gasteiger partial charge in [0.2, 0.25) is 5.75 Å². The van der Waals surface area contributed by atoms with Crippen LogP contribution in [0.3, 0.4) is 0 Å². The van der Waals surface area contributed by atoms with Crippen LogP contribution in [0.5, 0.6) is 23.0 Å². The summed E-state index contributed by atoms with van der Waals surface area (Å²) in [6.45, 7) is 0. The molecule has 26 heavy (non-hydrogen) atoms. The minimum atomic E-state index is -0.399. The van der Waals surface area contributed by atoms with Crippen LogP contribution in [0.2, 0.25) is 0 Å². The second-order valence-corrected chi connectivity index (χ2v) is 5.27. The number of rotatable bonds is 7. The Bertz CT molecular complexity index is 809. The molecule has 136 valence electrons. The molecule has 0 saturated heterocycles. The van der Waals surface area contributed by atoms with Crippen molar-refractivity contribution in [3.8, 4) is 23.0 Å². The molecule has 6 heteroatoms. The van der Waals surface area contributed by atoms with Crippen LogP contribution in [0.25, 0.3) is 11.8 Å². The maximum atomic E-state index is 12.0. The molecule has 0 aliphatic carbocycles. The highest BCUT2D eigenvalue weighted by atomic mass is 16.5. The molecule has 0 unspecified atom stereocenters. The van der Waals surface area contributed by atoms with Gasteiger partial charge >= 0.3 is 0 Å². The first-order chi connectivity index (χ1) is 12.5. The van der Waals surface area contributed by atoms with Crippen molar-refractivity contribution in [2.75, 3.05) is 21.3 Å². The number of allylic oxidation sites excluding steroid dienone is 2. The van der Waals surface area contributed by atoms with E-state index < -0.39 is 5.78 Å². The standard InChI is InChI=1S/C20H20O6/c1-24-18-10-13(11-19(25-2)20(18)26-3)4-7-16(22)12-17(23)14-5-8-15(21)9-6-14/h4-12,21,23H,1-3H3/b7-4+,17-12-. The number of benzene rings is 2. The molecule has 6 nitrogen and oxygen atoms in total. The molecular weight excluding hydrogens is 336 g/mol. The fourth-order valence-electron chi connectivity index (χ4n) is 2.27. The minimum Gasteiger partial charge on any atom is -0.508 e. The lowest BCUT2D eigenvalue weighted by molar-refractivity contribution is -0.110. The van der Waals surface area contributed by atoms with Crippen LogP contribution < -0.4 is 14.2 Å². The van der Waals surface area contributed by atoms with Crippen molar-refractivity contribution in [1.29, 1.82) is 0 Å². The number of aliphatic hydroxyl groups is 1. The normalized spacial score (nSPS) is 11.4. The number of hydrogen-bond donors (Lipinski definition) is 2. The highest BCUT2D eigenvalue weighted by Gasteiger charge is 2.12. The van der Waals surface area contributed by atoms with Crippen LogP contribution in [0, 0.1) is 0 Å². The number of aliphatic hydroxyl groups excluding tert-OH is 1. The van der Waals surface area contributed by atoms with Gasteiger partial charge in [-0.05, 0) is 48.0 Å². The van der Waals surface area contributed by atoms with Gasteiger partial charge in [0.1, 0.15) is 11.5 Å². The van der Waals surface area contributed by atoms with Crippen molar-refractivity contribution in [2.24, 2.45) is 0 Å². The van der Waals surface area contributed by atoms with E-state index in [9.17, 15) is 15.0 Å². The number of methoxy groups -OCH3 is 3. The molecule has 0 amide bonds. The van der Waals surface area contributed by atoms with Crippen LogP contribution in [-0.2, 0) is 4.79 Å². The number of phenols is 1. The number of aromatic hydroxyl groups is 1. The van der Waals surface area contributed by atoms with Crippen molar-refractivity contribution in [3.63, 3.8) is 0 Å². The number of carbonyl (C=O) groups excluding carboxylic acids is 1. The van der Waals surface area contributed by atoms with E-state index in [-0.39, 0.29) is 11.5 Å². The van der Waals surface area contributed by atoms with Crippen LogP contribution in [0.15, 0.2) is 48.6 Å². The predicted molar refractivity (Wildman–Crippen MR) is 98.9 cm³/mol. The molecule has 0 atom stereocenters. The van der Waals surface area contributed by atoms with Gasteiger partial charge in [0.15, 0.2) is 17.3 Å². The zero-order valence-corrected chi connectivity index (χ0v) is 14.7. The van der Waals surface area contributed by atoms with Gasteiger partial charge < -0.3 is 24.4 Å². The monoisotopic (exact) mass is 356 g/mol. The van der Waals surface area contributed by atoms with E-state index in [1.54, 1.807) is 18.2 Å². The van der Waals surface area contributed by atoms with E-state index in [0.717, 1.165) is 6.08 Å². The Morgan fingerprint density at radius 1 is 0.962 bits per heavy atom. The fourth-order valence-corrected chi connectivity index (χ4v) is 2.27. The summed E-state index contributed by atoms with van der Waals surface area (Å²) in [5, 5.41) is 19.2. The lowest BCUT2D eigenvalue weighted by Crippen LogP contribution is -1.96. The summed E-state index contributed by atoms with van der Waals surface area (Å²) >= 11 is 0. The summed E-state index contributed by atoms with van der Waals surface area (Å²) in [6.07, 6.45) is 3.99. The van der Waals surface area contributed by atoms with Gasteiger partial charge in [-0.1, -0.05) is 6.08 Å². The highest BCUT2D eigenvalue weighted by molar-refractivity contribution is 6.05. The van der Waals surface area contributed by atoms with Crippen LogP contribution in [0.1, 0.15) is 11.1 Å². The SMILES string of the molecule is COc1cc(/C=C/C(=O)/C=C(\O)c2ccc(O)cc2)cc(OC)c1OC. The first-order valence-corrected chi connectivity index (χ1v) is 7.70. The van der Waals surface area contributed by atoms with Gasteiger partial charge in [0, 0.05) is 11.6 Å². The first kappa shape index (κ1) is 18.9. The summed E-state index contributed by atoms with van der Waals surface area (Å²) in [7, 11) is 4.53. The van der Waals surface area contributed by atoms with Gasteiger partial charge in [-0.3, -0.25) is 4.79 Å². The Morgan fingerprint density at radius 2 is 1.54 bits per heavy atom. The highest BCUT2D eigenvalue weighted by Crippen LogP contribution is 2.38. The Morgan fingerprint density at radius 3 is 2.04 bits per heavy atom. The first-order valence-electron chi connectivity index (χ1n) is 7.70. The average molecular weight is 356 g/mol. The molecule has 0 heterocycles. The minimum absolute atomic E-state index is 0.0789. The second kappa shape index (κ2) is 8.62. The van der Waals surface area contributed by atoms with E-state index in [1.807, 2.05) is 0 Å². The zero-order valence-electron chi connectivity index (χ0n) is 14.7. The average Bonchev–Trinajstić information content (AvgIpc) is 2.65. The molecule has 0 saturated carbocycles. The quantitative estimate of drug-likeness (QED) is 0.582. The maximum Gasteiger partial charge on any atom is 0.203 e. The molecular formula is C20H20O6. The third-order valence-corrected chi connectivity index (χ3v) is 3.57. The Balaban J connectivity index is 2.22. The second-order valence-electron chi connectivity index (χ2n) is 5.27. The van der Waals surface area contributed by atoms with Gasteiger partial charge in [0.05, 0.1) is 21.3 Å². The molecule has 0 aliphatic rings. The molecule has 0 bridgehead atoms. The van der Waals surface area contributed by atoms with Crippen molar-refractivity contribution >= 4 is 17.6 Å². The van der Waals surface area contributed by atoms with Crippen LogP contribution >= 0.6 is 0 Å². The third-order valence-electron chi connectivity index (χ3n) is 3.57. The summed E-state index contributed by atoms with van der Waals surface area (Å²) in [5.41, 5.74) is 1.10. The lowest BCUT2D eigenvalue weighted by Gasteiger charge is -2.12. The number of ketones is 1. The smallest absolute Gasteiger partial charge is 0.203 e. The summed E-state index contributed by atoms with van der Waals surface area (Å²) < 4.78 is 15.8. The molecule has 0 spiro atoms. The van der Waals surface area contributed by atoms with Gasteiger partial charge in [-0.25, -0.2) is 0 Å². The van der Waals surface area contributed by atoms with E-state index in [0.29, 0.717) is 28.4 Å². The van der Waals surface area contributed by atoms with Gasteiger partial charge in [-0.15, -0.1) is 0 Å². The van der Waals surface area contributed by atoms with Crippen molar-refractivity contribution in [2.45, 2.75) is 0 Å². The van der Waals surface area contributed by atoms with Crippen molar-refractivity contribution in [3.05, 3.63) is 59.7 Å². The molecule has 2 N–H and O–H groups in total. The molecule has 2 aromatic carbocycles. The maximum absolute atomic E-state index is 12.0. The molecule has 2 aromatic rings. The molecule has 2 rings (SSSR count). The number of ether oxygens (including phenoxy) is 3. The number of hydrogen-bond acceptors (Lipinski definition) is 6. The molecule has 0 fully saturated rings. The zero-order chi connectivity index (χ0) is 19.1. The molecule has 0 aromatic heterocycles. The third kappa shape index (κ3) is 4.57. The Hall–Kier alpha value is -3.41. The van der Waals surface area contributed by atoms with Gasteiger partial charge in [-0.2, -0.15) is 0 Å². The van der Waals surface area contributed by atoms with E-state index in [2.05, 4.69) is 0 Å². The fraction of sp³-hybridized carbons (Fsp3) is 0.150.